The van der Waals surface area contributed by atoms with Gasteiger partial charge in [-0.25, -0.2) is 0 Å². The first-order valence-corrected chi connectivity index (χ1v) is 5.94. The second-order valence-corrected chi connectivity index (χ2v) is 4.67. The van der Waals surface area contributed by atoms with Gasteiger partial charge in [0.1, 0.15) is 5.75 Å². The molecule has 15 heavy (non-hydrogen) atoms. The fourth-order valence-corrected chi connectivity index (χ4v) is 3.04. The number of anilines is 1. The van der Waals surface area contributed by atoms with Crippen LogP contribution in [0.3, 0.4) is 0 Å². The van der Waals surface area contributed by atoms with Gasteiger partial charge in [0.25, 0.3) is 0 Å². The summed E-state index contributed by atoms with van der Waals surface area (Å²) < 4.78 is 0. The molecular formula is C13H17NO. The second-order valence-electron chi connectivity index (χ2n) is 4.67. The highest BCUT2D eigenvalue weighted by Gasteiger charge is 2.29. The van der Waals surface area contributed by atoms with Crippen LogP contribution in [0.1, 0.15) is 31.2 Å². The van der Waals surface area contributed by atoms with Gasteiger partial charge in [0.2, 0.25) is 0 Å². The number of phenols is 1. The number of rotatable bonds is 1. The van der Waals surface area contributed by atoms with Crippen LogP contribution in [0, 0.1) is 0 Å². The smallest absolute Gasteiger partial charge is 0.139 e. The van der Waals surface area contributed by atoms with Crippen LogP contribution in [0.15, 0.2) is 18.2 Å². The summed E-state index contributed by atoms with van der Waals surface area (Å²) in [5, 5.41) is 9.92. The molecule has 1 N–H and O–H groups in total. The summed E-state index contributed by atoms with van der Waals surface area (Å²) >= 11 is 0. The maximum atomic E-state index is 9.92. The molecule has 80 valence electrons. The first-order valence-electron chi connectivity index (χ1n) is 5.94. The highest BCUT2D eigenvalue weighted by molar-refractivity contribution is 5.67. The Bertz CT molecular complexity index is 369. The molecule has 0 saturated heterocycles. The molecule has 2 nitrogen and oxygen atoms in total. The Morgan fingerprint density at radius 3 is 2.80 bits per heavy atom. The lowest BCUT2D eigenvalue weighted by molar-refractivity contribution is 0.472. The minimum atomic E-state index is 0.469. The number of fused-ring (bicyclic) bond motifs is 1. The summed E-state index contributed by atoms with van der Waals surface area (Å²) in [7, 11) is 0. The van der Waals surface area contributed by atoms with E-state index in [9.17, 15) is 5.11 Å². The van der Waals surface area contributed by atoms with Gasteiger partial charge >= 0.3 is 0 Å². The first kappa shape index (κ1) is 9.08. The van der Waals surface area contributed by atoms with Crippen molar-refractivity contribution in [3.8, 4) is 5.75 Å². The summed E-state index contributed by atoms with van der Waals surface area (Å²) in [6.45, 7) is 1.09. The van der Waals surface area contributed by atoms with Crippen molar-refractivity contribution in [2.24, 2.45) is 0 Å². The first-order chi connectivity index (χ1) is 7.36. The van der Waals surface area contributed by atoms with Gasteiger partial charge < -0.3 is 10.0 Å². The number of hydrogen-bond donors (Lipinski definition) is 1. The van der Waals surface area contributed by atoms with E-state index >= 15 is 0 Å². The fourth-order valence-electron chi connectivity index (χ4n) is 3.04. The maximum Gasteiger partial charge on any atom is 0.139 e. The van der Waals surface area contributed by atoms with E-state index in [0.29, 0.717) is 11.8 Å². The monoisotopic (exact) mass is 203 g/mol. The van der Waals surface area contributed by atoms with Crippen LogP contribution in [-0.4, -0.2) is 17.7 Å². The molecule has 1 aromatic carbocycles. The summed E-state index contributed by atoms with van der Waals surface area (Å²) in [5.41, 5.74) is 2.44. The van der Waals surface area contributed by atoms with Crippen LogP contribution in [0.4, 0.5) is 5.69 Å². The quantitative estimate of drug-likeness (QED) is 0.758. The Morgan fingerprint density at radius 1 is 1.20 bits per heavy atom. The van der Waals surface area contributed by atoms with E-state index in [1.54, 1.807) is 0 Å². The summed E-state index contributed by atoms with van der Waals surface area (Å²) in [5.74, 6) is 0.469. The summed E-state index contributed by atoms with van der Waals surface area (Å²) in [6, 6.07) is 6.59. The van der Waals surface area contributed by atoms with Gasteiger partial charge in [-0.3, -0.25) is 0 Å². The van der Waals surface area contributed by atoms with E-state index in [1.807, 2.05) is 12.1 Å². The topological polar surface area (TPSA) is 23.5 Å². The molecule has 0 spiro atoms. The van der Waals surface area contributed by atoms with Crippen molar-refractivity contribution in [3.63, 3.8) is 0 Å². The highest BCUT2D eigenvalue weighted by Crippen LogP contribution is 2.40. The molecule has 1 aromatic rings. The number of nitrogens with zero attached hydrogens (tertiary/aromatic N) is 1. The number of hydrogen-bond acceptors (Lipinski definition) is 2. The largest absolute Gasteiger partial charge is 0.506 e. The predicted molar refractivity (Wildman–Crippen MR) is 61.4 cm³/mol. The molecule has 0 unspecified atom stereocenters. The van der Waals surface area contributed by atoms with E-state index in [1.165, 1.54) is 31.2 Å². The Morgan fingerprint density at radius 2 is 2.00 bits per heavy atom. The van der Waals surface area contributed by atoms with E-state index < -0.39 is 0 Å². The SMILES string of the molecule is Oc1cccc2c1N(C1CCCC1)CC2. The van der Waals surface area contributed by atoms with Crippen LogP contribution in [0.25, 0.3) is 0 Å². The van der Waals surface area contributed by atoms with Crippen molar-refractivity contribution in [3.05, 3.63) is 23.8 Å². The lowest BCUT2D eigenvalue weighted by Crippen LogP contribution is -2.31. The molecule has 0 bridgehead atoms. The zero-order chi connectivity index (χ0) is 10.3. The van der Waals surface area contributed by atoms with Crippen LogP contribution in [0.2, 0.25) is 0 Å². The zero-order valence-corrected chi connectivity index (χ0v) is 8.95. The normalized spacial score (nSPS) is 20.9. The minimum absolute atomic E-state index is 0.469. The van der Waals surface area contributed by atoms with Crippen molar-refractivity contribution in [1.29, 1.82) is 0 Å². The molecule has 0 radical (unpaired) electrons. The van der Waals surface area contributed by atoms with Gasteiger partial charge in [0.15, 0.2) is 0 Å². The van der Waals surface area contributed by atoms with Crippen molar-refractivity contribution < 1.29 is 5.11 Å². The zero-order valence-electron chi connectivity index (χ0n) is 8.95. The summed E-state index contributed by atoms with van der Waals surface area (Å²) in [4.78, 5) is 2.43. The fraction of sp³-hybridized carbons (Fsp3) is 0.538. The van der Waals surface area contributed by atoms with Crippen molar-refractivity contribution in [2.45, 2.75) is 38.1 Å². The lowest BCUT2D eigenvalue weighted by atomic mass is 10.1. The number of benzene rings is 1. The van der Waals surface area contributed by atoms with Crippen LogP contribution >= 0.6 is 0 Å². The third-order valence-corrected chi connectivity index (χ3v) is 3.77. The van der Waals surface area contributed by atoms with Crippen molar-refractivity contribution in [1.82, 2.24) is 0 Å². The Hall–Kier alpha value is -1.18. The third kappa shape index (κ3) is 1.39. The Balaban J connectivity index is 1.96. The lowest BCUT2D eigenvalue weighted by Gasteiger charge is -2.27. The molecular weight excluding hydrogens is 186 g/mol. The molecule has 3 rings (SSSR count). The molecule has 1 fully saturated rings. The number of phenolic OH excluding ortho intramolecular Hbond substituents is 1. The van der Waals surface area contributed by atoms with Crippen LogP contribution in [-0.2, 0) is 6.42 Å². The molecule has 2 aliphatic rings. The standard InChI is InChI=1S/C13H17NO/c15-12-7-3-4-10-8-9-14(13(10)12)11-5-1-2-6-11/h3-4,7,11,15H,1-2,5-6,8-9H2. The van der Waals surface area contributed by atoms with Crippen LogP contribution in [0.5, 0.6) is 5.75 Å². The maximum absolute atomic E-state index is 9.92. The van der Waals surface area contributed by atoms with Crippen LogP contribution < -0.4 is 4.90 Å². The van der Waals surface area contributed by atoms with Gasteiger partial charge in [-0.15, -0.1) is 0 Å². The van der Waals surface area contributed by atoms with E-state index in [-0.39, 0.29) is 0 Å². The number of para-hydroxylation sites is 1. The molecule has 1 heterocycles. The molecule has 1 aliphatic heterocycles. The van der Waals surface area contributed by atoms with Gasteiger partial charge in [-0.1, -0.05) is 25.0 Å². The average molecular weight is 203 g/mol. The predicted octanol–water partition coefficient (Wildman–Crippen LogP) is 2.70. The van der Waals surface area contributed by atoms with Gasteiger partial charge in [-0.2, -0.15) is 0 Å². The van der Waals surface area contributed by atoms with E-state index in [0.717, 1.165) is 18.7 Å². The van der Waals surface area contributed by atoms with Crippen molar-refractivity contribution in [2.75, 3.05) is 11.4 Å². The van der Waals surface area contributed by atoms with E-state index in [2.05, 4.69) is 11.0 Å². The van der Waals surface area contributed by atoms with Crippen molar-refractivity contribution >= 4 is 5.69 Å². The average Bonchev–Trinajstić information content (AvgIpc) is 2.85. The number of aromatic hydroxyl groups is 1. The third-order valence-electron chi connectivity index (χ3n) is 3.77. The molecule has 0 amide bonds. The molecule has 1 saturated carbocycles. The van der Waals surface area contributed by atoms with Gasteiger partial charge in [0, 0.05) is 12.6 Å². The highest BCUT2D eigenvalue weighted by atomic mass is 16.3. The Labute approximate surface area is 90.5 Å². The van der Waals surface area contributed by atoms with E-state index in [4.69, 9.17) is 0 Å². The summed E-state index contributed by atoms with van der Waals surface area (Å²) in [6.07, 6.45) is 6.40. The molecule has 0 aromatic heterocycles. The Kier molecular flexibility index (Phi) is 2.08. The van der Waals surface area contributed by atoms with Gasteiger partial charge in [-0.05, 0) is 30.9 Å². The molecule has 1 aliphatic carbocycles. The second kappa shape index (κ2) is 3.44. The minimum Gasteiger partial charge on any atom is -0.506 e. The van der Waals surface area contributed by atoms with Gasteiger partial charge in [0.05, 0.1) is 5.69 Å². The molecule has 2 heteroatoms. The molecule has 0 atom stereocenters.